The average molecular weight is 382 g/mol. The third-order valence-corrected chi connectivity index (χ3v) is 4.54. The van der Waals surface area contributed by atoms with Gasteiger partial charge in [-0.15, -0.1) is 0 Å². The molecule has 134 valence electrons. The lowest BCUT2D eigenvalue weighted by Crippen LogP contribution is -2.03. The second kappa shape index (κ2) is 6.81. The topological polar surface area (TPSA) is 57.0 Å². The Kier molecular flexibility index (Phi) is 4.33. The molecule has 0 atom stereocenters. The molecule has 4 rings (SSSR count). The van der Waals surface area contributed by atoms with Crippen LogP contribution in [0, 0.1) is 5.82 Å². The number of methoxy groups -OCH3 is 1. The zero-order valence-electron chi connectivity index (χ0n) is 14.2. The van der Waals surface area contributed by atoms with Gasteiger partial charge in [-0.05, 0) is 18.2 Å². The van der Waals surface area contributed by atoms with Crippen LogP contribution in [0.1, 0.15) is 10.4 Å². The number of rotatable bonds is 3. The van der Waals surface area contributed by atoms with Crippen molar-refractivity contribution < 1.29 is 13.9 Å². The van der Waals surface area contributed by atoms with Gasteiger partial charge in [-0.2, -0.15) is 0 Å². The molecule has 0 aliphatic carbocycles. The normalized spacial score (nSPS) is 10.9. The van der Waals surface area contributed by atoms with Gasteiger partial charge in [0.25, 0.3) is 0 Å². The van der Waals surface area contributed by atoms with Gasteiger partial charge in [0.2, 0.25) is 5.95 Å². The highest BCUT2D eigenvalue weighted by molar-refractivity contribution is 6.33. The van der Waals surface area contributed by atoms with Gasteiger partial charge in [-0.25, -0.2) is 19.2 Å². The Hall–Kier alpha value is -3.25. The van der Waals surface area contributed by atoms with Gasteiger partial charge >= 0.3 is 5.97 Å². The third-order valence-electron chi connectivity index (χ3n) is 4.21. The fourth-order valence-corrected chi connectivity index (χ4v) is 3.20. The molecule has 0 fully saturated rings. The number of halogens is 2. The van der Waals surface area contributed by atoms with E-state index >= 15 is 0 Å². The van der Waals surface area contributed by atoms with Gasteiger partial charge < -0.3 is 4.74 Å². The molecule has 0 saturated carbocycles. The summed E-state index contributed by atoms with van der Waals surface area (Å²) in [6, 6.07) is 12.6. The summed E-state index contributed by atoms with van der Waals surface area (Å²) in [5.74, 6) is -0.706. The number of fused-ring (bicyclic) bond motifs is 1. The Morgan fingerprint density at radius 1 is 1.11 bits per heavy atom. The monoisotopic (exact) mass is 381 g/mol. The fraction of sp³-hybridized carbons (Fsp3) is 0.0500. The van der Waals surface area contributed by atoms with Crippen LogP contribution in [0.3, 0.4) is 0 Å². The molecular weight excluding hydrogens is 369 g/mol. The van der Waals surface area contributed by atoms with E-state index in [0.29, 0.717) is 16.1 Å². The van der Waals surface area contributed by atoms with Crippen LogP contribution in [0.4, 0.5) is 4.39 Å². The van der Waals surface area contributed by atoms with Crippen molar-refractivity contribution in [2.24, 2.45) is 0 Å². The van der Waals surface area contributed by atoms with Gasteiger partial charge in [0.15, 0.2) is 5.82 Å². The van der Waals surface area contributed by atoms with E-state index in [1.54, 1.807) is 22.8 Å². The molecule has 0 radical (unpaired) electrons. The minimum Gasteiger partial charge on any atom is -0.465 e. The molecule has 0 amide bonds. The van der Waals surface area contributed by atoms with Crippen LogP contribution in [0.15, 0.2) is 61.1 Å². The van der Waals surface area contributed by atoms with E-state index < -0.39 is 11.8 Å². The molecule has 0 N–H and O–H groups in total. The molecule has 2 heterocycles. The largest absolute Gasteiger partial charge is 0.465 e. The number of hydrogen-bond donors (Lipinski definition) is 0. The van der Waals surface area contributed by atoms with Crippen LogP contribution in [0.2, 0.25) is 5.02 Å². The maximum Gasteiger partial charge on any atom is 0.337 e. The summed E-state index contributed by atoms with van der Waals surface area (Å²) in [6.07, 6.45) is 4.00. The smallest absolute Gasteiger partial charge is 0.337 e. The van der Waals surface area contributed by atoms with Crippen molar-refractivity contribution in [3.05, 3.63) is 77.5 Å². The lowest BCUT2D eigenvalue weighted by atomic mass is 10.0. The molecule has 0 bridgehead atoms. The number of carbonyl (C=O) groups is 1. The van der Waals surface area contributed by atoms with Gasteiger partial charge in [0.1, 0.15) is 0 Å². The minimum absolute atomic E-state index is 0.279. The van der Waals surface area contributed by atoms with Crippen molar-refractivity contribution in [1.29, 1.82) is 0 Å². The van der Waals surface area contributed by atoms with Gasteiger partial charge in [0.05, 0.1) is 30.6 Å². The number of ether oxygens (including phenoxy) is 1. The molecule has 27 heavy (non-hydrogen) atoms. The fourth-order valence-electron chi connectivity index (χ4n) is 2.96. The SMILES string of the molecule is COC(=O)c1ccc2c(-c3ccccc3Cl)cn(-c3ncc(F)cn3)c2c1. The molecule has 0 spiro atoms. The first kappa shape index (κ1) is 17.2. The standard InChI is InChI=1S/C20H13ClFN3O2/c1-27-19(26)12-6-7-15-16(14-4-2-3-5-17(14)21)11-25(18(15)8-12)20-23-9-13(22)10-24-20/h2-11H,1H3. The van der Waals surface area contributed by atoms with Gasteiger partial charge in [0, 0.05) is 27.7 Å². The summed E-state index contributed by atoms with van der Waals surface area (Å²) in [7, 11) is 1.32. The van der Waals surface area contributed by atoms with E-state index in [9.17, 15) is 9.18 Å². The summed E-state index contributed by atoms with van der Waals surface area (Å²) < 4.78 is 19.7. The zero-order chi connectivity index (χ0) is 19.0. The van der Waals surface area contributed by atoms with Gasteiger partial charge in [-0.3, -0.25) is 4.57 Å². The van der Waals surface area contributed by atoms with Crippen molar-refractivity contribution in [2.75, 3.05) is 7.11 Å². The Morgan fingerprint density at radius 3 is 2.56 bits per heavy atom. The molecule has 7 heteroatoms. The van der Waals surface area contributed by atoms with Crippen LogP contribution in [-0.4, -0.2) is 27.6 Å². The Balaban J connectivity index is 2.01. The second-order valence-electron chi connectivity index (χ2n) is 5.82. The van der Waals surface area contributed by atoms with E-state index in [1.165, 1.54) is 7.11 Å². The highest BCUT2D eigenvalue weighted by Crippen LogP contribution is 2.36. The van der Waals surface area contributed by atoms with Crippen LogP contribution in [0.5, 0.6) is 0 Å². The number of aromatic nitrogens is 3. The summed E-state index contributed by atoms with van der Waals surface area (Å²) in [5.41, 5.74) is 2.74. The highest BCUT2D eigenvalue weighted by atomic mass is 35.5. The first-order valence-corrected chi connectivity index (χ1v) is 8.42. The molecular formula is C20H13ClFN3O2. The molecule has 4 aromatic rings. The van der Waals surface area contributed by atoms with Gasteiger partial charge in [-0.1, -0.05) is 35.9 Å². The lowest BCUT2D eigenvalue weighted by molar-refractivity contribution is 0.0601. The summed E-state index contributed by atoms with van der Waals surface area (Å²) >= 11 is 6.38. The first-order chi connectivity index (χ1) is 13.1. The van der Waals surface area contributed by atoms with Crippen molar-refractivity contribution >= 4 is 28.5 Å². The Morgan fingerprint density at radius 2 is 1.85 bits per heavy atom. The Bertz CT molecular complexity index is 1160. The van der Waals surface area contributed by atoms with Crippen molar-refractivity contribution in [3.63, 3.8) is 0 Å². The van der Waals surface area contributed by atoms with E-state index in [-0.39, 0.29) is 5.95 Å². The van der Waals surface area contributed by atoms with Crippen LogP contribution >= 0.6 is 11.6 Å². The first-order valence-electron chi connectivity index (χ1n) is 8.04. The number of esters is 1. The van der Waals surface area contributed by atoms with Crippen LogP contribution in [0.25, 0.3) is 28.0 Å². The van der Waals surface area contributed by atoms with Crippen molar-refractivity contribution in [3.8, 4) is 17.1 Å². The minimum atomic E-state index is -0.531. The number of nitrogens with zero attached hydrogens (tertiary/aromatic N) is 3. The summed E-state index contributed by atoms with van der Waals surface area (Å²) in [6.45, 7) is 0. The van der Waals surface area contributed by atoms with E-state index in [1.807, 2.05) is 30.5 Å². The molecule has 0 aliphatic heterocycles. The predicted octanol–water partition coefficient (Wildman–Crippen LogP) is 4.67. The second-order valence-corrected chi connectivity index (χ2v) is 6.22. The zero-order valence-corrected chi connectivity index (χ0v) is 14.9. The van der Waals surface area contributed by atoms with Crippen molar-refractivity contribution in [2.45, 2.75) is 0 Å². The quantitative estimate of drug-likeness (QED) is 0.484. The number of carbonyl (C=O) groups excluding carboxylic acids is 1. The third kappa shape index (κ3) is 3.04. The maximum absolute atomic E-state index is 13.2. The summed E-state index contributed by atoms with van der Waals surface area (Å²) in [5, 5.41) is 1.44. The highest BCUT2D eigenvalue weighted by Gasteiger charge is 2.17. The average Bonchev–Trinajstić information content (AvgIpc) is 3.07. The van der Waals surface area contributed by atoms with E-state index in [2.05, 4.69) is 9.97 Å². The summed E-state index contributed by atoms with van der Waals surface area (Å²) in [4.78, 5) is 20.0. The molecule has 2 aromatic carbocycles. The van der Waals surface area contributed by atoms with Crippen LogP contribution < -0.4 is 0 Å². The number of benzene rings is 2. The predicted molar refractivity (Wildman–Crippen MR) is 101 cm³/mol. The maximum atomic E-state index is 13.2. The molecule has 0 unspecified atom stereocenters. The molecule has 0 aliphatic rings. The molecule has 5 nitrogen and oxygen atoms in total. The number of hydrogen-bond acceptors (Lipinski definition) is 4. The van der Waals surface area contributed by atoms with Crippen molar-refractivity contribution in [1.82, 2.24) is 14.5 Å². The van der Waals surface area contributed by atoms with E-state index in [4.69, 9.17) is 16.3 Å². The Labute approximate surface area is 159 Å². The lowest BCUT2D eigenvalue weighted by Gasteiger charge is -2.04. The van der Waals surface area contributed by atoms with Crippen LogP contribution in [-0.2, 0) is 4.74 Å². The molecule has 0 saturated heterocycles. The molecule has 2 aromatic heterocycles. The van der Waals surface area contributed by atoms with E-state index in [0.717, 1.165) is 28.9 Å².